The van der Waals surface area contributed by atoms with E-state index in [-0.39, 0.29) is 5.91 Å². The van der Waals surface area contributed by atoms with Crippen LogP contribution in [0.15, 0.2) is 53.6 Å². The molecule has 2 aromatic carbocycles. The third kappa shape index (κ3) is 6.67. The van der Waals surface area contributed by atoms with Crippen LogP contribution in [-0.4, -0.2) is 44.8 Å². The molecule has 0 spiro atoms. The highest BCUT2D eigenvalue weighted by Crippen LogP contribution is 2.14. The van der Waals surface area contributed by atoms with E-state index in [0.717, 1.165) is 43.3 Å². The Morgan fingerprint density at radius 3 is 2.38 bits per heavy atom. The van der Waals surface area contributed by atoms with Gasteiger partial charge in [0.05, 0.1) is 6.21 Å². The quantitative estimate of drug-likeness (QED) is 0.457. The Morgan fingerprint density at radius 1 is 1.07 bits per heavy atom. The Morgan fingerprint density at radius 2 is 1.72 bits per heavy atom. The van der Waals surface area contributed by atoms with E-state index in [9.17, 15) is 4.79 Å². The summed E-state index contributed by atoms with van der Waals surface area (Å²) in [7, 11) is 0. The second-order valence-electron chi connectivity index (χ2n) is 8.06. The topological polar surface area (TPSA) is 50.3 Å². The molecule has 1 saturated heterocycles. The lowest BCUT2D eigenvalue weighted by molar-refractivity contribution is -1.02. The van der Waals surface area contributed by atoms with Crippen LogP contribution < -0.4 is 15.2 Å². The number of carbonyl (C=O) groups excluding carboxylic acids is 1. The number of nitrogens with zero attached hydrogens (tertiary/aromatic N) is 1. The highest BCUT2D eigenvalue weighted by atomic mass is 35.5. The van der Waals surface area contributed by atoms with E-state index in [1.165, 1.54) is 20.9 Å². The molecule has 1 heterocycles. The molecule has 0 saturated carbocycles. The van der Waals surface area contributed by atoms with Crippen molar-refractivity contribution in [3.63, 3.8) is 0 Å². The Balaban J connectivity index is 1.39. The van der Waals surface area contributed by atoms with E-state index in [1.807, 2.05) is 30.3 Å². The minimum atomic E-state index is -0.0374. The first-order valence-corrected chi connectivity index (χ1v) is 10.7. The van der Waals surface area contributed by atoms with Crippen molar-refractivity contribution in [3.05, 3.63) is 70.2 Å². The lowest BCUT2D eigenvalue weighted by Crippen LogP contribution is -3.28. The van der Waals surface area contributed by atoms with Crippen LogP contribution in [0.2, 0.25) is 5.02 Å². The van der Waals surface area contributed by atoms with E-state index < -0.39 is 0 Å². The molecule has 3 rings (SSSR count). The minimum Gasteiger partial charge on any atom is -0.322 e. The SMILES string of the molecule is CC(C)c1ccc(C=NNC(=O)C[NH+]2CC[NH+](Cc3ccccc3Cl)CC2)cc1. The molecule has 0 atom stereocenters. The third-order valence-corrected chi connectivity index (χ3v) is 5.85. The van der Waals surface area contributed by atoms with Crippen LogP contribution in [0.5, 0.6) is 0 Å². The van der Waals surface area contributed by atoms with E-state index in [4.69, 9.17) is 11.6 Å². The average molecular weight is 415 g/mol. The van der Waals surface area contributed by atoms with E-state index in [2.05, 4.69) is 42.6 Å². The molecule has 6 heteroatoms. The Bertz CT molecular complexity index is 827. The summed E-state index contributed by atoms with van der Waals surface area (Å²) < 4.78 is 0. The lowest BCUT2D eigenvalue weighted by atomic mass is 10.0. The smallest absolute Gasteiger partial charge is 0.295 e. The molecule has 3 N–H and O–H groups in total. The fourth-order valence-electron chi connectivity index (χ4n) is 3.63. The van der Waals surface area contributed by atoms with Crippen molar-refractivity contribution in [1.82, 2.24) is 5.43 Å². The number of benzene rings is 2. The van der Waals surface area contributed by atoms with Crippen molar-refractivity contribution in [2.45, 2.75) is 26.3 Å². The largest absolute Gasteiger partial charge is 0.322 e. The molecule has 154 valence electrons. The Labute approximate surface area is 178 Å². The second-order valence-corrected chi connectivity index (χ2v) is 8.47. The maximum atomic E-state index is 12.2. The highest BCUT2D eigenvalue weighted by molar-refractivity contribution is 6.31. The van der Waals surface area contributed by atoms with Crippen LogP contribution in [0.25, 0.3) is 0 Å². The first-order chi connectivity index (χ1) is 14.0. The zero-order valence-corrected chi connectivity index (χ0v) is 18.0. The van der Waals surface area contributed by atoms with Crippen LogP contribution in [0.3, 0.4) is 0 Å². The molecule has 0 bridgehead atoms. The van der Waals surface area contributed by atoms with Gasteiger partial charge in [-0.25, -0.2) is 5.43 Å². The van der Waals surface area contributed by atoms with Gasteiger partial charge >= 0.3 is 0 Å². The van der Waals surface area contributed by atoms with Crippen molar-refractivity contribution in [2.24, 2.45) is 5.10 Å². The maximum Gasteiger partial charge on any atom is 0.295 e. The van der Waals surface area contributed by atoms with Crippen LogP contribution >= 0.6 is 11.6 Å². The van der Waals surface area contributed by atoms with Crippen LogP contribution in [0, 0.1) is 0 Å². The van der Waals surface area contributed by atoms with Gasteiger partial charge in [0.1, 0.15) is 32.7 Å². The number of quaternary nitrogens is 2. The number of hydrazone groups is 1. The summed E-state index contributed by atoms with van der Waals surface area (Å²) in [5, 5.41) is 4.94. The van der Waals surface area contributed by atoms with Crippen molar-refractivity contribution in [3.8, 4) is 0 Å². The van der Waals surface area contributed by atoms with Gasteiger partial charge in [-0.3, -0.25) is 4.79 Å². The van der Waals surface area contributed by atoms with Crippen LogP contribution in [0.4, 0.5) is 0 Å². The summed E-state index contributed by atoms with van der Waals surface area (Å²) in [6, 6.07) is 16.3. The first kappa shape index (κ1) is 21.5. The molecular formula is C23H31ClN4O+2. The van der Waals surface area contributed by atoms with Gasteiger partial charge in [0.2, 0.25) is 0 Å². The van der Waals surface area contributed by atoms with Gasteiger partial charge in [0, 0.05) is 10.6 Å². The number of rotatable bonds is 7. The fourth-order valence-corrected chi connectivity index (χ4v) is 3.84. The predicted molar refractivity (Wildman–Crippen MR) is 118 cm³/mol. The summed E-state index contributed by atoms with van der Waals surface area (Å²) in [6.45, 7) is 9.79. The normalized spacial score (nSPS) is 19.6. The summed E-state index contributed by atoms with van der Waals surface area (Å²) in [4.78, 5) is 15.0. The van der Waals surface area contributed by atoms with E-state index in [0.29, 0.717) is 12.5 Å². The highest BCUT2D eigenvalue weighted by Gasteiger charge is 2.25. The van der Waals surface area contributed by atoms with Gasteiger partial charge in [-0.2, -0.15) is 5.10 Å². The molecule has 0 unspecified atom stereocenters. The Hall–Kier alpha value is -2.21. The van der Waals surface area contributed by atoms with Gasteiger partial charge in [0.15, 0.2) is 6.54 Å². The molecule has 0 aliphatic carbocycles. The molecule has 5 nitrogen and oxygen atoms in total. The molecule has 29 heavy (non-hydrogen) atoms. The monoisotopic (exact) mass is 414 g/mol. The molecular weight excluding hydrogens is 384 g/mol. The summed E-state index contributed by atoms with van der Waals surface area (Å²) in [6.07, 6.45) is 1.70. The van der Waals surface area contributed by atoms with E-state index >= 15 is 0 Å². The second kappa shape index (κ2) is 10.5. The molecule has 1 amide bonds. The van der Waals surface area contributed by atoms with Gasteiger partial charge in [-0.1, -0.05) is 67.9 Å². The number of amides is 1. The number of hydrogen-bond acceptors (Lipinski definition) is 2. The molecule has 1 aliphatic rings. The number of halogens is 1. The maximum absolute atomic E-state index is 12.2. The zero-order chi connectivity index (χ0) is 20.6. The summed E-state index contributed by atoms with van der Waals surface area (Å²) in [5.41, 5.74) is 6.14. The number of hydrogen-bond donors (Lipinski definition) is 3. The van der Waals surface area contributed by atoms with Crippen molar-refractivity contribution >= 4 is 23.7 Å². The molecule has 2 aromatic rings. The number of carbonyl (C=O) groups is 1. The molecule has 0 radical (unpaired) electrons. The minimum absolute atomic E-state index is 0.0374. The molecule has 0 aromatic heterocycles. The van der Waals surface area contributed by atoms with Gasteiger partial charge < -0.3 is 9.80 Å². The summed E-state index contributed by atoms with van der Waals surface area (Å²) in [5.74, 6) is 0.472. The van der Waals surface area contributed by atoms with Crippen LogP contribution in [-0.2, 0) is 11.3 Å². The summed E-state index contributed by atoms with van der Waals surface area (Å²) >= 11 is 6.27. The third-order valence-electron chi connectivity index (χ3n) is 5.48. The Kier molecular flexibility index (Phi) is 7.81. The van der Waals surface area contributed by atoms with Crippen molar-refractivity contribution < 1.29 is 14.6 Å². The first-order valence-electron chi connectivity index (χ1n) is 10.3. The number of nitrogens with one attached hydrogen (secondary N) is 3. The van der Waals surface area contributed by atoms with Crippen LogP contribution in [0.1, 0.15) is 36.5 Å². The average Bonchev–Trinajstić information content (AvgIpc) is 2.71. The molecule has 1 fully saturated rings. The van der Waals surface area contributed by atoms with Crippen molar-refractivity contribution in [1.29, 1.82) is 0 Å². The van der Waals surface area contributed by atoms with Gasteiger partial charge in [0.25, 0.3) is 5.91 Å². The predicted octanol–water partition coefficient (Wildman–Crippen LogP) is 0.897. The van der Waals surface area contributed by atoms with E-state index in [1.54, 1.807) is 6.21 Å². The van der Waals surface area contributed by atoms with Gasteiger partial charge in [-0.15, -0.1) is 0 Å². The molecule has 1 aliphatic heterocycles. The lowest BCUT2D eigenvalue weighted by Gasteiger charge is -2.29. The fraction of sp³-hybridized carbons (Fsp3) is 0.391. The zero-order valence-electron chi connectivity index (χ0n) is 17.2. The number of piperazine rings is 1. The van der Waals surface area contributed by atoms with Crippen molar-refractivity contribution in [2.75, 3.05) is 32.7 Å². The van der Waals surface area contributed by atoms with Gasteiger partial charge in [-0.05, 0) is 23.1 Å². The standard InChI is InChI=1S/C23H29ClN4O/c1-18(2)20-9-7-19(8-10-20)15-25-26-23(29)17-28-13-11-27(12-14-28)16-21-5-3-4-6-22(21)24/h3-10,15,18H,11-14,16-17H2,1-2H3,(H,26,29)/p+2.